The third-order valence-corrected chi connectivity index (χ3v) is 6.45. The van der Waals surface area contributed by atoms with E-state index in [1.807, 2.05) is 0 Å². The van der Waals surface area contributed by atoms with Crippen molar-refractivity contribution in [1.82, 2.24) is 5.32 Å². The van der Waals surface area contributed by atoms with Crippen LogP contribution in [0.4, 0.5) is 0 Å². The zero-order valence-electron chi connectivity index (χ0n) is 13.8. The number of hydrogen-bond donors (Lipinski definition) is 1. The summed E-state index contributed by atoms with van der Waals surface area (Å²) >= 11 is 0. The van der Waals surface area contributed by atoms with E-state index in [1.54, 1.807) is 0 Å². The number of hydrogen-bond acceptors (Lipinski definition) is 1. The first-order chi connectivity index (χ1) is 9.06. The van der Waals surface area contributed by atoms with Crippen LogP contribution in [0.25, 0.3) is 0 Å². The smallest absolute Gasteiger partial charge is 0.0156 e. The molecule has 0 radical (unpaired) electrons. The van der Waals surface area contributed by atoms with Gasteiger partial charge in [0.2, 0.25) is 0 Å². The van der Waals surface area contributed by atoms with E-state index in [-0.39, 0.29) is 0 Å². The van der Waals surface area contributed by atoms with E-state index in [9.17, 15) is 0 Å². The third-order valence-electron chi connectivity index (χ3n) is 6.45. The molecule has 2 rings (SSSR count). The van der Waals surface area contributed by atoms with Crippen molar-refractivity contribution in [2.75, 3.05) is 0 Å². The molecular weight excluding hydrogens is 230 g/mol. The minimum absolute atomic E-state index is 0.397. The second-order valence-corrected chi connectivity index (χ2v) is 7.53. The lowest BCUT2D eigenvalue weighted by Crippen LogP contribution is -2.62. The molecule has 6 unspecified atom stereocenters. The molecule has 1 aliphatic heterocycles. The highest BCUT2D eigenvalue weighted by molar-refractivity contribution is 5.03. The van der Waals surface area contributed by atoms with Gasteiger partial charge in [0.1, 0.15) is 0 Å². The van der Waals surface area contributed by atoms with Crippen LogP contribution in [0.15, 0.2) is 0 Å². The fraction of sp³-hybridized carbons (Fsp3) is 1.00. The molecule has 1 heterocycles. The lowest BCUT2D eigenvalue weighted by molar-refractivity contribution is 0.00629. The number of piperidine rings is 1. The Hall–Kier alpha value is -0.0400. The molecule has 1 N–H and O–H groups in total. The van der Waals surface area contributed by atoms with E-state index in [2.05, 4.69) is 39.9 Å². The SMILES string of the molecule is CCC1CC(CC)C2NC(C)(CC)CC(CC)C2C1. The van der Waals surface area contributed by atoms with Gasteiger partial charge in [0.15, 0.2) is 0 Å². The van der Waals surface area contributed by atoms with E-state index >= 15 is 0 Å². The standard InChI is InChI=1S/C18H35N/c1-6-13-10-14(7-2)17-16(11-13)15(8-3)12-18(5,9-4)19-17/h13-17,19H,6-12H2,1-5H3. The molecule has 0 bridgehead atoms. The summed E-state index contributed by atoms with van der Waals surface area (Å²) in [4.78, 5) is 0. The summed E-state index contributed by atoms with van der Waals surface area (Å²) < 4.78 is 0. The zero-order chi connectivity index (χ0) is 14.0. The molecular formula is C18H35N. The molecule has 1 heteroatoms. The van der Waals surface area contributed by atoms with Gasteiger partial charge in [0.25, 0.3) is 0 Å². The lowest BCUT2D eigenvalue weighted by Gasteiger charge is -2.54. The summed E-state index contributed by atoms with van der Waals surface area (Å²) in [6.07, 6.45) is 9.77. The first kappa shape index (κ1) is 15.4. The van der Waals surface area contributed by atoms with Crippen molar-refractivity contribution in [3.8, 4) is 0 Å². The van der Waals surface area contributed by atoms with Crippen LogP contribution >= 0.6 is 0 Å². The van der Waals surface area contributed by atoms with E-state index < -0.39 is 0 Å². The molecule has 1 nitrogen and oxygen atoms in total. The van der Waals surface area contributed by atoms with Gasteiger partial charge in [-0.3, -0.25) is 0 Å². The molecule has 1 aliphatic carbocycles. The minimum Gasteiger partial charge on any atom is -0.308 e. The van der Waals surface area contributed by atoms with Gasteiger partial charge in [0, 0.05) is 11.6 Å². The van der Waals surface area contributed by atoms with Crippen LogP contribution in [-0.4, -0.2) is 11.6 Å². The van der Waals surface area contributed by atoms with Crippen molar-refractivity contribution >= 4 is 0 Å². The maximum atomic E-state index is 4.09. The van der Waals surface area contributed by atoms with Crippen LogP contribution in [0.1, 0.15) is 79.6 Å². The second kappa shape index (κ2) is 6.16. The summed E-state index contributed by atoms with van der Waals surface area (Å²) in [5, 5.41) is 4.09. The normalized spacial score (nSPS) is 46.9. The Balaban J connectivity index is 2.20. The average Bonchev–Trinajstić information content (AvgIpc) is 2.45. The Kier molecular flexibility index (Phi) is 4.98. The van der Waals surface area contributed by atoms with Crippen LogP contribution < -0.4 is 5.32 Å². The van der Waals surface area contributed by atoms with Gasteiger partial charge in [-0.25, -0.2) is 0 Å². The topological polar surface area (TPSA) is 12.0 Å². The van der Waals surface area contributed by atoms with Crippen LogP contribution in [0.5, 0.6) is 0 Å². The van der Waals surface area contributed by atoms with E-state index in [4.69, 9.17) is 0 Å². The van der Waals surface area contributed by atoms with Crippen molar-refractivity contribution in [3.63, 3.8) is 0 Å². The van der Waals surface area contributed by atoms with Gasteiger partial charge in [-0.1, -0.05) is 47.0 Å². The molecule has 2 fully saturated rings. The molecule has 0 aromatic carbocycles. The Bertz CT molecular complexity index is 287. The molecule has 1 saturated carbocycles. The van der Waals surface area contributed by atoms with Crippen LogP contribution in [0.2, 0.25) is 0 Å². The molecule has 6 atom stereocenters. The Morgan fingerprint density at radius 1 is 0.947 bits per heavy atom. The molecule has 112 valence electrons. The highest BCUT2D eigenvalue weighted by Gasteiger charge is 2.47. The second-order valence-electron chi connectivity index (χ2n) is 7.53. The molecule has 0 amide bonds. The Labute approximate surface area is 120 Å². The first-order valence-electron chi connectivity index (χ1n) is 8.84. The lowest BCUT2D eigenvalue weighted by atomic mass is 9.60. The Morgan fingerprint density at radius 2 is 1.63 bits per heavy atom. The summed E-state index contributed by atoms with van der Waals surface area (Å²) in [5.41, 5.74) is 0.397. The van der Waals surface area contributed by atoms with Gasteiger partial charge in [-0.15, -0.1) is 0 Å². The highest BCUT2D eigenvalue weighted by atomic mass is 15.0. The first-order valence-corrected chi connectivity index (χ1v) is 8.84. The van der Waals surface area contributed by atoms with Crippen molar-refractivity contribution in [3.05, 3.63) is 0 Å². The van der Waals surface area contributed by atoms with Gasteiger partial charge in [-0.2, -0.15) is 0 Å². The molecule has 0 aromatic heterocycles. The summed E-state index contributed by atoms with van der Waals surface area (Å²) in [6.45, 7) is 12.0. The summed E-state index contributed by atoms with van der Waals surface area (Å²) in [5.74, 6) is 3.82. The van der Waals surface area contributed by atoms with Gasteiger partial charge in [0.05, 0.1) is 0 Å². The quantitative estimate of drug-likeness (QED) is 0.754. The number of rotatable bonds is 4. The fourth-order valence-corrected chi connectivity index (χ4v) is 4.90. The third kappa shape index (κ3) is 3.01. The molecule has 0 aromatic rings. The van der Waals surface area contributed by atoms with Gasteiger partial charge >= 0.3 is 0 Å². The van der Waals surface area contributed by atoms with E-state index in [1.165, 1.54) is 44.9 Å². The number of nitrogens with one attached hydrogen (secondary N) is 1. The largest absolute Gasteiger partial charge is 0.308 e. The van der Waals surface area contributed by atoms with Gasteiger partial charge in [-0.05, 0) is 56.3 Å². The summed E-state index contributed by atoms with van der Waals surface area (Å²) in [6, 6.07) is 0.802. The predicted molar refractivity (Wildman–Crippen MR) is 84.3 cm³/mol. The maximum absolute atomic E-state index is 4.09. The maximum Gasteiger partial charge on any atom is 0.0156 e. The van der Waals surface area contributed by atoms with Crippen LogP contribution in [0, 0.1) is 23.7 Å². The van der Waals surface area contributed by atoms with E-state index in [0.717, 1.165) is 29.7 Å². The van der Waals surface area contributed by atoms with Crippen LogP contribution in [-0.2, 0) is 0 Å². The van der Waals surface area contributed by atoms with Crippen molar-refractivity contribution in [2.24, 2.45) is 23.7 Å². The molecule has 2 aliphatic rings. The Morgan fingerprint density at radius 3 is 2.16 bits per heavy atom. The molecule has 1 saturated heterocycles. The van der Waals surface area contributed by atoms with Crippen molar-refractivity contribution in [2.45, 2.75) is 91.1 Å². The average molecular weight is 265 g/mol. The monoisotopic (exact) mass is 265 g/mol. The van der Waals surface area contributed by atoms with Crippen molar-refractivity contribution in [1.29, 1.82) is 0 Å². The fourth-order valence-electron chi connectivity index (χ4n) is 4.90. The molecule has 19 heavy (non-hydrogen) atoms. The van der Waals surface area contributed by atoms with Crippen LogP contribution in [0.3, 0.4) is 0 Å². The predicted octanol–water partition coefficient (Wildman–Crippen LogP) is 5.01. The highest BCUT2D eigenvalue weighted by Crippen LogP contribution is 2.47. The zero-order valence-corrected chi connectivity index (χ0v) is 13.8. The minimum atomic E-state index is 0.397. The van der Waals surface area contributed by atoms with Gasteiger partial charge < -0.3 is 5.32 Å². The van der Waals surface area contributed by atoms with Crippen molar-refractivity contribution < 1.29 is 0 Å². The van der Waals surface area contributed by atoms with E-state index in [0.29, 0.717) is 5.54 Å². The summed E-state index contributed by atoms with van der Waals surface area (Å²) in [7, 11) is 0. The molecule has 0 spiro atoms. The number of fused-ring (bicyclic) bond motifs is 1.